The van der Waals surface area contributed by atoms with Crippen molar-refractivity contribution < 1.29 is 14.3 Å². The van der Waals surface area contributed by atoms with Crippen LogP contribution in [0.2, 0.25) is 0 Å². The van der Waals surface area contributed by atoms with Gasteiger partial charge in [0.15, 0.2) is 16.6 Å². The summed E-state index contributed by atoms with van der Waals surface area (Å²) in [7, 11) is 0. The Labute approximate surface area is 148 Å². The predicted molar refractivity (Wildman–Crippen MR) is 97.6 cm³/mol. The predicted octanol–water partition coefficient (Wildman–Crippen LogP) is 4.23. The van der Waals surface area contributed by atoms with E-state index in [2.05, 4.69) is 15.6 Å². The summed E-state index contributed by atoms with van der Waals surface area (Å²) in [5.74, 6) is 1.46. The van der Waals surface area contributed by atoms with Crippen molar-refractivity contribution in [3.05, 3.63) is 53.9 Å². The lowest BCUT2D eigenvalue weighted by Gasteiger charge is -2.18. The van der Waals surface area contributed by atoms with E-state index in [1.54, 1.807) is 0 Å². The van der Waals surface area contributed by atoms with Crippen LogP contribution in [0.1, 0.15) is 0 Å². The molecule has 2 N–H and O–H groups in total. The minimum Gasteiger partial charge on any atom is -0.486 e. The fourth-order valence-electron chi connectivity index (χ4n) is 2.45. The average molecular weight is 353 g/mol. The maximum absolute atomic E-state index is 12.0. The number of nitrogens with one attached hydrogen (secondary N) is 2. The first-order valence-corrected chi connectivity index (χ1v) is 8.64. The molecule has 25 heavy (non-hydrogen) atoms. The minimum absolute atomic E-state index is 0.325. The van der Waals surface area contributed by atoms with Crippen LogP contribution in [-0.4, -0.2) is 24.2 Å². The van der Waals surface area contributed by atoms with Gasteiger partial charge in [-0.2, -0.15) is 0 Å². The van der Waals surface area contributed by atoms with Crippen LogP contribution in [0.25, 0.3) is 11.3 Å². The van der Waals surface area contributed by atoms with Gasteiger partial charge in [-0.1, -0.05) is 18.2 Å². The average Bonchev–Trinajstić information content (AvgIpc) is 3.10. The third-order valence-corrected chi connectivity index (χ3v) is 4.35. The molecule has 0 atom stereocenters. The van der Waals surface area contributed by atoms with Crippen molar-refractivity contribution in [2.24, 2.45) is 0 Å². The lowest BCUT2D eigenvalue weighted by molar-refractivity contribution is 0.171. The third-order valence-electron chi connectivity index (χ3n) is 3.59. The zero-order valence-corrected chi connectivity index (χ0v) is 14.0. The van der Waals surface area contributed by atoms with Crippen molar-refractivity contribution in [2.75, 3.05) is 23.8 Å². The molecule has 0 spiro atoms. The molecule has 1 aliphatic heterocycles. The van der Waals surface area contributed by atoms with E-state index in [-0.39, 0.29) is 6.03 Å². The standard InChI is InChI=1S/C18H15N3O3S/c22-17(19-13-4-2-1-3-5-13)21-18-20-14(11-25-18)12-6-7-15-16(10-12)24-9-8-23-15/h1-7,10-11H,8-9H2,(H2,19,20,21,22). The number of benzene rings is 2. The highest BCUT2D eigenvalue weighted by molar-refractivity contribution is 7.14. The molecule has 2 aromatic carbocycles. The maximum Gasteiger partial charge on any atom is 0.325 e. The van der Waals surface area contributed by atoms with Crippen molar-refractivity contribution in [3.63, 3.8) is 0 Å². The van der Waals surface area contributed by atoms with Crippen LogP contribution < -0.4 is 20.1 Å². The molecule has 0 bridgehead atoms. The molecule has 7 heteroatoms. The number of amides is 2. The van der Waals surface area contributed by atoms with E-state index in [0.29, 0.717) is 24.1 Å². The van der Waals surface area contributed by atoms with Crippen LogP contribution in [-0.2, 0) is 0 Å². The number of urea groups is 1. The molecule has 0 saturated carbocycles. The Kier molecular flexibility index (Phi) is 4.22. The molecular weight excluding hydrogens is 338 g/mol. The summed E-state index contributed by atoms with van der Waals surface area (Å²) in [5, 5.41) is 7.92. The lowest BCUT2D eigenvalue weighted by atomic mass is 10.1. The van der Waals surface area contributed by atoms with E-state index in [4.69, 9.17) is 9.47 Å². The van der Waals surface area contributed by atoms with Crippen molar-refractivity contribution in [2.45, 2.75) is 0 Å². The molecule has 1 aliphatic rings. The fourth-order valence-corrected chi connectivity index (χ4v) is 3.16. The van der Waals surface area contributed by atoms with E-state index in [1.165, 1.54) is 11.3 Å². The number of anilines is 2. The molecule has 2 heterocycles. The molecule has 2 amide bonds. The quantitative estimate of drug-likeness (QED) is 0.739. The highest BCUT2D eigenvalue weighted by atomic mass is 32.1. The molecule has 3 aromatic rings. The zero-order valence-electron chi connectivity index (χ0n) is 13.2. The van der Waals surface area contributed by atoms with Crippen LogP contribution in [0.4, 0.5) is 15.6 Å². The van der Waals surface area contributed by atoms with Gasteiger partial charge >= 0.3 is 6.03 Å². The van der Waals surface area contributed by atoms with Gasteiger partial charge in [-0.05, 0) is 30.3 Å². The van der Waals surface area contributed by atoms with Crippen molar-refractivity contribution in [1.29, 1.82) is 0 Å². The van der Waals surface area contributed by atoms with Crippen LogP contribution in [0.3, 0.4) is 0 Å². The second-order valence-electron chi connectivity index (χ2n) is 5.34. The van der Waals surface area contributed by atoms with Gasteiger partial charge in [0.25, 0.3) is 0 Å². The number of ether oxygens (including phenoxy) is 2. The highest BCUT2D eigenvalue weighted by Crippen LogP contribution is 2.35. The first-order valence-electron chi connectivity index (χ1n) is 7.76. The number of aromatic nitrogens is 1. The first kappa shape index (κ1) is 15.5. The molecule has 0 radical (unpaired) electrons. The summed E-state index contributed by atoms with van der Waals surface area (Å²) in [6, 6.07) is 14.6. The van der Waals surface area contributed by atoms with E-state index < -0.39 is 0 Å². The van der Waals surface area contributed by atoms with Crippen molar-refractivity contribution in [1.82, 2.24) is 4.98 Å². The Balaban J connectivity index is 1.46. The Hall–Kier alpha value is -3.06. The Morgan fingerprint density at radius 1 is 1.00 bits per heavy atom. The minimum atomic E-state index is -0.325. The van der Waals surface area contributed by atoms with Crippen LogP contribution >= 0.6 is 11.3 Å². The summed E-state index contributed by atoms with van der Waals surface area (Å²) >= 11 is 1.37. The van der Waals surface area contributed by atoms with Gasteiger partial charge in [0.05, 0.1) is 5.69 Å². The number of carbonyl (C=O) groups is 1. The Bertz CT molecular complexity index is 896. The van der Waals surface area contributed by atoms with Crippen LogP contribution in [0.15, 0.2) is 53.9 Å². The molecule has 0 aliphatic carbocycles. The van der Waals surface area contributed by atoms with E-state index >= 15 is 0 Å². The van der Waals surface area contributed by atoms with Crippen LogP contribution in [0, 0.1) is 0 Å². The van der Waals surface area contributed by atoms with Gasteiger partial charge in [-0.3, -0.25) is 5.32 Å². The van der Waals surface area contributed by atoms with Gasteiger partial charge in [0.2, 0.25) is 0 Å². The molecule has 126 valence electrons. The van der Waals surface area contributed by atoms with Gasteiger partial charge in [0, 0.05) is 16.6 Å². The number of para-hydroxylation sites is 1. The monoisotopic (exact) mass is 353 g/mol. The topological polar surface area (TPSA) is 72.5 Å². The number of fused-ring (bicyclic) bond motifs is 1. The summed E-state index contributed by atoms with van der Waals surface area (Å²) in [5.41, 5.74) is 2.41. The summed E-state index contributed by atoms with van der Waals surface area (Å²) in [6.45, 7) is 1.10. The Morgan fingerprint density at radius 3 is 2.64 bits per heavy atom. The number of hydrogen-bond acceptors (Lipinski definition) is 5. The molecular formula is C18H15N3O3S. The summed E-state index contributed by atoms with van der Waals surface area (Å²) < 4.78 is 11.1. The lowest BCUT2D eigenvalue weighted by Crippen LogP contribution is -2.19. The maximum atomic E-state index is 12.0. The number of hydrogen-bond donors (Lipinski definition) is 2. The second kappa shape index (κ2) is 6.82. The summed E-state index contributed by atoms with van der Waals surface area (Å²) in [4.78, 5) is 16.5. The van der Waals surface area contributed by atoms with Crippen molar-refractivity contribution >= 4 is 28.2 Å². The zero-order chi connectivity index (χ0) is 17.1. The molecule has 0 saturated heterocycles. The Morgan fingerprint density at radius 2 is 1.80 bits per heavy atom. The third kappa shape index (κ3) is 3.56. The van der Waals surface area contributed by atoms with E-state index in [9.17, 15) is 4.79 Å². The SMILES string of the molecule is O=C(Nc1ccccc1)Nc1nc(-c2ccc3c(c2)OCCO3)cs1. The number of nitrogens with zero attached hydrogens (tertiary/aromatic N) is 1. The molecule has 0 unspecified atom stereocenters. The normalized spacial score (nSPS) is 12.5. The highest BCUT2D eigenvalue weighted by Gasteiger charge is 2.14. The molecule has 4 rings (SSSR count). The molecule has 0 fully saturated rings. The summed E-state index contributed by atoms with van der Waals surface area (Å²) in [6.07, 6.45) is 0. The van der Waals surface area contributed by atoms with Gasteiger partial charge in [0.1, 0.15) is 13.2 Å². The van der Waals surface area contributed by atoms with Crippen LogP contribution in [0.5, 0.6) is 11.5 Å². The second-order valence-corrected chi connectivity index (χ2v) is 6.20. The molecule has 1 aromatic heterocycles. The van der Waals surface area contributed by atoms with Crippen molar-refractivity contribution in [3.8, 4) is 22.8 Å². The number of thiazole rings is 1. The molecule has 6 nitrogen and oxygen atoms in total. The van der Waals surface area contributed by atoms with E-state index in [0.717, 1.165) is 22.7 Å². The largest absolute Gasteiger partial charge is 0.486 e. The number of rotatable bonds is 3. The van der Waals surface area contributed by atoms with Gasteiger partial charge in [-0.15, -0.1) is 11.3 Å². The fraction of sp³-hybridized carbons (Fsp3) is 0.111. The first-order chi connectivity index (χ1) is 12.3. The van der Waals surface area contributed by atoms with Gasteiger partial charge < -0.3 is 14.8 Å². The van der Waals surface area contributed by atoms with E-state index in [1.807, 2.05) is 53.9 Å². The number of carbonyl (C=O) groups excluding carboxylic acids is 1. The van der Waals surface area contributed by atoms with Gasteiger partial charge in [-0.25, -0.2) is 9.78 Å². The smallest absolute Gasteiger partial charge is 0.325 e.